The fourth-order valence-electron chi connectivity index (χ4n) is 12.2. The molecule has 1 heterocycles. The highest BCUT2D eigenvalue weighted by Crippen LogP contribution is 2.28. The molecule has 5 N–H and O–H groups in total. The normalized spacial score (nSPS) is 25.9. The molecule has 26 nitrogen and oxygen atoms in total. The first kappa shape index (κ1) is 90.1. The summed E-state index contributed by atoms with van der Waals surface area (Å²) in [6, 6.07) is -14.3. The Kier molecular flexibility index (Phi) is 39.0. The molecule has 13 atom stereocenters. The molecule has 0 unspecified atom stereocenters. The van der Waals surface area contributed by atoms with E-state index in [1.54, 1.807) is 68.4 Å². The van der Waals surface area contributed by atoms with Gasteiger partial charge in [-0.25, -0.2) is 0 Å². The molecule has 0 radical (unpaired) electrons. The van der Waals surface area contributed by atoms with Gasteiger partial charge in [-0.2, -0.15) is 11.8 Å². The number of aliphatic hydroxyl groups excluding tert-OH is 1. The average Bonchev–Trinajstić information content (AvgIpc) is 0.806. The van der Waals surface area contributed by atoms with Crippen LogP contribution in [-0.4, -0.2) is 282 Å². The Bertz CT molecular complexity index is 2640. The third-order valence-electron chi connectivity index (χ3n) is 18.7. The Labute approximate surface area is 592 Å². The number of carbonyl (C=O) groups excluding carboxylic acids is 11. The molecule has 1 aliphatic heterocycles. The number of carbonyl (C=O) groups is 11. The monoisotopic (exact) mass is 1410 g/mol. The van der Waals surface area contributed by atoms with Crippen molar-refractivity contribution in [2.24, 2.45) is 35.5 Å². The molecule has 0 aliphatic carbocycles. The molecule has 0 aromatic rings. The smallest absolute Gasteiger partial charge is 0.246 e. The van der Waals surface area contributed by atoms with E-state index in [9.17, 15) is 19.5 Å². The van der Waals surface area contributed by atoms with E-state index in [2.05, 4.69) is 26.2 Å². The minimum absolute atomic E-state index is 0.0193. The summed E-state index contributed by atoms with van der Waals surface area (Å²) in [6.07, 6.45) is 2.58. The summed E-state index contributed by atoms with van der Waals surface area (Å²) in [5.41, 5.74) is -1.16. The van der Waals surface area contributed by atoms with Gasteiger partial charge in [-0.3, -0.25) is 52.7 Å². The number of amides is 11. The zero-order valence-corrected chi connectivity index (χ0v) is 65.6. The Balaban J connectivity index is 4.66. The number of methoxy groups -OCH3 is 1. The molecule has 1 aliphatic rings. The van der Waals surface area contributed by atoms with Gasteiger partial charge in [0, 0.05) is 80.9 Å². The fraction of sp³-hybridized carbons (Fsp3) is 0.817. The topological polar surface area (TPSA) is 300 Å². The first-order valence-corrected chi connectivity index (χ1v) is 36.4. The van der Waals surface area contributed by atoms with Crippen molar-refractivity contribution in [3.8, 4) is 0 Å². The second kappa shape index (κ2) is 42.4. The molecule has 1 fully saturated rings. The number of aliphatic hydroxyl groups is 1. The third kappa shape index (κ3) is 26.2. The highest BCUT2D eigenvalue weighted by Gasteiger charge is 2.47. The van der Waals surface area contributed by atoms with Crippen LogP contribution in [0.5, 0.6) is 0 Å². The molecule has 0 spiro atoms. The number of nitrogens with one attached hydrogen (secondary N) is 4. The van der Waals surface area contributed by atoms with Gasteiger partial charge in [0.25, 0.3) is 0 Å². The summed E-state index contributed by atoms with van der Waals surface area (Å²) in [4.78, 5) is 176. The molecule has 98 heavy (non-hydrogen) atoms. The van der Waals surface area contributed by atoms with Crippen LogP contribution in [0.15, 0.2) is 12.2 Å². The second-order valence-corrected chi connectivity index (χ2v) is 30.4. The SMILES string of the molecule is CC=CC[C@@H](C)[C@@H](O)[C@H]1C(=O)N[C@@H](CC)C(=O)N(C)[C@H](CSCCN(CC)CC)C(=O)N(C)[C@@H](CC(C)(C)OCOC)C(=O)N[C@@H](C(C)C)C(=O)N(C)[C@@H](CC(C)C)C(=O)N[C@@H](C)C(=O)N[C@H](C)C(=O)N(C)[C@@H](CC(C)C)C(=O)N(C)[C@@H](CC(C)C)C(=O)N(C)[C@@H](C(C)C)C(=O)N1C. The second-order valence-electron chi connectivity index (χ2n) is 29.3. The van der Waals surface area contributed by atoms with Crippen LogP contribution in [0.1, 0.15) is 170 Å². The van der Waals surface area contributed by atoms with Crippen molar-refractivity contribution in [2.75, 3.05) is 94.4 Å². The van der Waals surface area contributed by atoms with E-state index in [0.29, 0.717) is 12.3 Å². The maximum Gasteiger partial charge on any atom is 0.246 e. The Morgan fingerprint density at radius 2 is 0.980 bits per heavy atom. The highest BCUT2D eigenvalue weighted by molar-refractivity contribution is 7.99. The summed E-state index contributed by atoms with van der Waals surface area (Å²) < 4.78 is 11.3. The van der Waals surface area contributed by atoms with Crippen LogP contribution in [0, 0.1) is 35.5 Å². The molecule has 27 heteroatoms. The van der Waals surface area contributed by atoms with Crippen LogP contribution in [-0.2, 0) is 62.2 Å². The van der Waals surface area contributed by atoms with Crippen molar-refractivity contribution in [1.82, 2.24) is 60.5 Å². The summed E-state index contributed by atoms with van der Waals surface area (Å²) in [7, 11) is 11.4. The van der Waals surface area contributed by atoms with Crippen molar-refractivity contribution >= 4 is 76.7 Å². The third-order valence-corrected chi connectivity index (χ3v) is 19.7. The molecular weight excluding hydrogens is 1280 g/mol. The molecule has 0 saturated carbocycles. The standard InChI is InChI=1S/C71H130N12O14S/c1-28-32-33-47(15)59(84)58-63(88)74-50(29-2)65(90)80(24)55(40-98-35-34-83(30-3)31-4)68(93)79(23)54(39-71(18,19)97-41-96-27)62(87)75-56(45(11)12)69(94)76(20)51(36-42(5)6)61(86)72-48(16)60(85)73-49(17)64(89)77(21)52(37-43(7)8)66(91)78(22)53(38-44(9)10)67(92)81(25)57(46(13)14)70(95)82(58)26/h28,32,42-59,84H,29-31,33-41H2,1-27H3,(H,72,86)(H,73,85)(H,74,88)(H,75,87)/t47-,48+,49-,50+,51+,52+,53+,54+,55-,56+,57+,58+,59-/m1/s1. The van der Waals surface area contributed by atoms with Gasteiger partial charge in [-0.05, 0) is 115 Å². The number of hydrogen-bond acceptors (Lipinski definition) is 16. The maximum absolute atomic E-state index is 15.6. The fourth-order valence-corrected chi connectivity index (χ4v) is 13.3. The van der Waals surface area contributed by atoms with Crippen molar-refractivity contribution in [2.45, 2.75) is 248 Å². The molecule has 1 rings (SSSR count). The number of allylic oxidation sites excluding steroid dienone is 2. The zero-order chi connectivity index (χ0) is 75.7. The van der Waals surface area contributed by atoms with E-state index in [4.69, 9.17) is 9.47 Å². The number of ether oxygens (including phenoxy) is 2. The van der Waals surface area contributed by atoms with E-state index >= 15 is 38.4 Å². The van der Waals surface area contributed by atoms with Crippen LogP contribution in [0.25, 0.3) is 0 Å². The van der Waals surface area contributed by atoms with Gasteiger partial charge in [0.1, 0.15) is 73.3 Å². The zero-order valence-electron chi connectivity index (χ0n) is 64.8. The summed E-state index contributed by atoms with van der Waals surface area (Å²) in [6.45, 7) is 35.7. The summed E-state index contributed by atoms with van der Waals surface area (Å²) in [5.74, 6) is -9.49. The van der Waals surface area contributed by atoms with Gasteiger partial charge in [0.15, 0.2) is 0 Å². The number of rotatable bonds is 25. The summed E-state index contributed by atoms with van der Waals surface area (Å²) in [5, 5.41) is 23.6. The molecule has 0 aromatic heterocycles. The quantitative estimate of drug-likeness (QED) is 0.0479. The minimum atomic E-state index is -1.66. The van der Waals surface area contributed by atoms with Crippen molar-refractivity contribution in [1.29, 1.82) is 0 Å². The average molecular weight is 1410 g/mol. The van der Waals surface area contributed by atoms with Crippen molar-refractivity contribution < 1.29 is 67.3 Å². The lowest BCUT2D eigenvalue weighted by Gasteiger charge is -2.41. The lowest BCUT2D eigenvalue weighted by Crippen LogP contribution is -2.64. The van der Waals surface area contributed by atoms with Crippen molar-refractivity contribution in [3.05, 3.63) is 12.2 Å². The van der Waals surface area contributed by atoms with Crippen LogP contribution in [0.2, 0.25) is 0 Å². The van der Waals surface area contributed by atoms with E-state index < -0.39 is 161 Å². The van der Waals surface area contributed by atoms with Gasteiger partial charge in [0.2, 0.25) is 65.0 Å². The van der Waals surface area contributed by atoms with Crippen LogP contribution in [0.4, 0.5) is 0 Å². The van der Waals surface area contributed by atoms with Crippen molar-refractivity contribution in [3.63, 3.8) is 0 Å². The Hall–Kier alpha value is -5.90. The number of thioether (sulfide) groups is 1. The lowest BCUT2D eigenvalue weighted by molar-refractivity contribution is -0.157. The van der Waals surface area contributed by atoms with Gasteiger partial charge < -0.3 is 75.0 Å². The molecule has 1 saturated heterocycles. The van der Waals surface area contributed by atoms with Crippen LogP contribution >= 0.6 is 11.8 Å². The van der Waals surface area contributed by atoms with Crippen LogP contribution in [0.3, 0.4) is 0 Å². The maximum atomic E-state index is 15.6. The highest BCUT2D eigenvalue weighted by atomic mass is 32.2. The largest absolute Gasteiger partial charge is 0.390 e. The Morgan fingerprint density at radius 3 is 1.46 bits per heavy atom. The minimum Gasteiger partial charge on any atom is -0.390 e. The van der Waals surface area contributed by atoms with Gasteiger partial charge in [-0.15, -0.1) is 0 Å². The molecule has 0 aromatic carbocycles. The van der Waals surface area contributed by atoms with E-state index in [-0.39, 0.29) is 68.8 Å². The summed E-state index contributed by atoms with van der Waals surface area (Å²) >= 11 is 1.41. The predicted octanol–water partition coefficient (Wildman–Crippen LogP) is 4.46. The first-order valence-electron chi connectivity index (χ1n) is 35.3. The van der Waals surface area contributed by atoms with Gasteiger partial charge >= 0.3 is 0 Å². The molecule has 564 valence electrons. The molecule has 0 bridgehead atoms. The Morgan fingerprint density at radius 1 is 0.531 bits per heavy atom. The number of hydrogen-bond donors (Lipinski definition) is 5. The molecule has 11 amide bonds. The lowest BCUT2D eigenvalue weighted by atomic mass is 9.91. The first-order chi connectivity index (χ1) is 45.5. The number of nitrogens with zero attached hydrogens (tertiary/aromatic N) is 8. The van der Waals surface area contributed by atoms with E-state index in [1.807, 2.05) is 61.5 Å². The predicted molar refractivity (Wildman–Crippen MR) is 385 cm³/mol. The van der Waals surface area contributed by atoms with Crippen LogP contribution < -0.4 is 21.3 Å². The van der Waals surface area contributed by atoms with Gasteiger partial charge in [-0.1, -0.05) is 109 Å². The molecular formula is C71H130N12O14S. The van der Waals surface area contributed by atoms with E-state index in [1.165, 1.54) is 111 Å². The number of likely N-dealkylation sites (N-methyl/N-ethyl adjacent to an activating group) is 7. The van der Waals surface area contributed by atoms with E-state index in [0.717, 1.165) is 18.0 Å². The van der Waals surface area contributed by atoms with Gasteiger partial charge in [0.05, 0.1) is 11.7 Å².